The summed E-state index contributed by atoms with van der Waals surface area (Å²) in [7, 11) is 1.56. The number of nitriles is 1. The van der Waals surface area contributed by atoms with E-state index in [1.807, 2.05) is 24.3 Å². The number of nitrogens with zero attached hydrogens (tertiary/aromatic N) is 2. The average Bonchev–Trinajstić information content (AvgIpc) is 2.74. The summed E-state index contributed by atoms with van der Waals surface area (Å²) in [5.41, 5.74) is 2.78. The Balaban J connectivity index is 1.65. The second kappa shape index (κ2) is 9.97. The van der Waals surface area contributed by atoms with Crippen molar-refractivity contribution in [1.82, 2.24) is 4.98 Å². The van der Waals surface area contributed by atoms with Gasteiger partial charge in [0.25, 0.3) is 0 Å². The molecule has 0 saturated carbocycles. The number of methoxy groups -OCH3 is 1. The van der Waals surface area contributed by atoms with Crippen LogP contribution in [0.25, 0.3) is 11.3 Å². The zero-order valence-corrected chi connectivity index (χ0v) is 17.3. The van der Waals surface area contributed by atoms with Crippen LogP contribution in [0.4, 0.5) is 5.69 Å². The van der Waals surface area contributed by atoms with Crippen LogP contribution in [-0.2, 0) is 4.79 Å². The maximum absolute atomic E-state index is 12.3. The summed E-state index contributed by atoms with van der Waals surface area (Å²) in [5, 5.41) is 13.5. The predicted molar refractivity (Wildman–Crippen MR) is 116 cm³/mol. The first-order valence-corrected chi connectivity index (χ1v) is 10.2. The highest BCUT2D eigenvalue weighted by Crippen LogP contribution is 2.27. The lowest BCUT2D eigenvalue weighted by Gasteiger charge is -2.10. The van der Waals surface area contributed by atoms with E-state index >= 15 is 0 Å². The maximum Gasteiger partial charge on any atom is 0.225 e. The molecule has 5 nitrogen and oxygen atoms in total. The Kier molecular flexibility index (Phi) is 7.12. The van der Waals surface area contributed by atoms with E-state index in [0.29, 0.717) is 32.8 Å². The van der Waals surface area contributed by atoms with Gasteiger partial charge in [-0.05, 0) is 36.4 Å². The lowest BCUT2D eigenvalue weighted by Crippen LogP contribution is -2.13. The molecule has 0 aliphatic rings. The van der Waals surface area contributed by atoms with E-state index in [1.165, 1.54) is 11.8 Å². The number of benzene rings is 2. The number of anilines is 1. The molecule has 29 heavy (non-hydrogen) atoms. The van der Waals surface area contributed by atoms with Crippen molar-refractivity contribution < 1.29 is 9.53 Å². The van der Waals surface area contributed by atoms with Crippen molar-refractivity contribution in [2.45, 2.75) is 11.4 Å². The molecule has 3 aromatic rings. The van der Waals surface area contributed by atoms with Crippen molar-refractivity contribution in [2.24, 2.45) is 0 Å². The monoisotopic (exact) mass is 423 g/mol. The number of rotatable bonds is 7. The van der Waals surface area contributed by atoms with Gasteiger partial charge in [0.15, 0.2) is 0 Å². The Bertz CT molecular complexity index is 1050. The standard InChI is InChI=1S/C22H18ClN3O2S/c1-28-20-5-3-2-4-19(20)25-21(27)12-13-29-22-16(14-24)8-11-18(26-22)15-6-9-17(23)10-7-15/h2-11H,12-13H2,1H3,(H,25,27). The van der Waals surface area contributed by atoms with E-state index in [9.17, 15) is 10.1 Å². The van der Waals surface area contributed by atoms with Gasteiger partial charge < -0.3 is 10.1 Å². The third-order valence-corrected chi connectivity index (χ3v) is 5.31. The van der Waals surface area contributed by atoms with Gasteiger partial charge in [0.1, 0.15) is 16.8 Å². The minimum Gasteiger partial charge on any atom is -0.495 e. The number of amides is 1. The third-order valence-electron chi connectivity index (χ3n) is 4.07. The summed E-state index contributed by atoms with van der Waals surface area (Å²) in [6.07, 6.45) is 0.278. The number of halogens is 1. The SMILES string of the molecule is COc1ccccc1NC(=O)CCSc1nc(-c2ccc(Cl)cc2)ccc1C#N. The van der Waals surface area contributed by atoms with Gasteiger partial charge in [0.2, 0.25) is 5.91 Å². The van der Waals surface area contributed by atoms with E-state index in [-0.39, 0.29) is 12.3 Å². The fourth-order valence-electron chi connectivity index (χ4n) is 2.62. The van der Waals surface area contributed by atoms with Crippen molar-refractivity contribution in [3.63, 3.8) is 0 Å². The molecule has 3 rings (SSSR count). The number of nitrogens with one attached hydrogen (secondary N) is 1. The minimum absolute atomic E-state index is 0.130. The maximum atomic E-state index is 12.3. The van der Waals surface area contributed by atoms with Crippen LogP contribution >= 0.6 is 23.4 Å². The zero-order valence-electron chi connectivity index (χ0n) is 15.7. The lowest BCUT2D eigenvalue weighted by atomic mass is 10.1. The molecule has 0 bridgehead atoms. The average molecular weight is 424 g/mol. The number of pyridine rings is 1. The molecule has 0 aliphatic heterocycles. The molecule has 0 atom stereocenters. The molecule has 1 heterocycles. The van der Waals surface area contributed by atoms with Crippen LogP contribution in [0, 0.1) is 11.3 Å². The summed E-state index contributed by atoms with van der Waals surface area (Å²) >= 11 is 7.32. The first kappa shape index (κ1) is 20.7. The molecule has 0 saturated heterocycles. The lowest BCUT2D eigenvalue weighted by molar-refractivity contribution is -0.115. The van der Waals surface area contributed by atoms with Crippen LogP contribution < -0.4 is 10.1 Å². The van der Waals surface area contributed by atoms with Crippen LogP contribution in [0.15, 0.2) is 65.7 Å². The predicted octanol–water partition coefficient (Wildman–Crippen LogP) is 5.40. The Morgan fingerprint density at radius 2 is 1.93 bits per heavy atom. The number of para-hydroxylation sites is 2. The highest BCUT2D eigenvalue weighted by atomic mass is 35.5. The van der Waals surface area contributed by atoms with Gasteiger partial charge in [-0.1, -0.05) is 35.9 Å². The number of hydrogen-bond acceptors (Lipinski definition) is 5. The number of aromatic nitrogens is 1. The second-order valence-electron chi connectivity index (χ2n) is 6.01. The molecular weight excluding hydrogens is 406 g/mol. The van der Waals surface area contributed by atoms with E-state index in [1.54, 1.807) is 43.5 Å². The minimum atomic E-state index is -0.130. The van der Waals surface area contributed by atoms with Crippen molar-refractivity contribution in [2.75, 3.05) is 18.2 Å². The smallest absolute Gasteiger partial charge is 0.225 e. The zero-order chi connectivity index (χ0) is 20.6. The normalized spacial score (nSPS) is 10.2. The van der Waals surface area contributed by atoms with Gasteiger partial charge >= 0.3 is 0 Å². The van der Waals surface area contributed by atoms with Crippen molar-refractivity contribution in [3.8, 4) is 23.1 Å². The fraction of sp³-hybridized carbons (Fsp3) is 0.136. The van der Waals surface area contributed by atoms with E-state index in [4.69, 9.17) is 16.3 Å². The topological polar surface area (TPSA) is 75.0 Å². The fourth-order valence-corrected chi connectivity index (χ4v) is 3.66. The van der Waals surface area contributed by atoms with E-state index < -0.39 is 0 Å². The molecule has 0 fully saturated rings. The molecule has 2 aromatic carbocycles. The van der Waals surface area contributed by atoms with Crippen LogP contribution in [0.3, 0.4) is 0 Å². The molecule has 0 aliphatic carbocycles. The van der Waals surface area contributed by atoms with Gasteiger partial charge in [-0.15, -0.1) is 11.8 Å². The number of carbonyl (C=O) groups is 1. The van der Waals surface area contributed by atoms with Gasteiger partial charge in [-0.3, -0.25) is 4.79 Å². The molecule has 146 valence electrons. The van der Waals surface area contributed by atoms with Crippen LogP contribution in [0.1, 0.15) is 12.0 Å². The second-order valence-corrected chi connectivity index (χ2v) is 7.53. The van der Waals surface area contributed by atoms with E-state index in [2.05, 4.69) is 16.4 Å². The van der Waals surface area contributed by atoms with Crippen LogP contribution in [0.5, 0.6) is 5.75 Å². The largest absolute Gasteiger partial charge is 0.495 e. The molecular formula is C22H18ClN3O2S. The third kappa shape index (κ3) is 5.50. The van der Waals surface area contributed by atoms with E-state index in [0.717, 1.165) is 11.3 Å². The molecule has 7 heteroatoms. The molecule has 0 radical (unpaired) electrons. The Morgan fingerprint density at radius 1 is 1.17 bits per heavy atom. The van der Waals surface area contributed by atoms with Crippen molar-refractivity contribution in [1.29, 1.82) is 5.26 Å². The molecule has 1 aromatic heterocycles. The highest BCUT2D eigenvalue weighted by molar-refractivity contribution is 7.99. The number of carbonyl (C=O) groups excluding carboxylic acids is 1. The van der Waals surface area contributed by atoms with Gasteiger partial charge in [0.05, 0.1) is 24.1 Å². The first-order valence-electron chi connectivity index (χ1n) is 8.83. The first-order chi connectivity index (χ1) is 14.1. The van der Waals surface area contributed by atoms with Crippen LogP contribution in [-0.4, -0.2) is 23.8 Å². The number of ether oxygens (including phenoxy) is 1. The summed E-state index contributed by atoms with van der Waals surface area (Å²) < 4.78 is 5.24. The van der Waals surface area contributed by atoms with Crippen molar-refractivity contribution in [3.05, 3.63) is 71.2 Å². The molecule has 1 N–H and O–H groups in total. The van der Waals surface area contributed by atoms with Gasteiger partial charge in [-0.25, -0.2) is 4.98 Å². The Hall–Kier alpha value is -3.01. The Labute approximate surface area is 178 Å². The van der Waals surface area contributed by atoms with Crippen LogP contribution in [0.2, 0.25) is 5.02 Å². The molecule has 0 unspecified atom stereocenters. The Morgan fingerprint density at radius 3 is 2.66 bits per heavy atom. The van der Waals surface area contributed by atoms with Crippen molar-refractivity contribution >= 4 is 35.0 Å². The highest BCUT2D eigenvalue weighted by Gasteiger charge is 2.11. The number of thioether (sulfide) groups is 1. The molecule has 1 amide bonds. The summed E-state index contributed by atoms with van der Waals surface area (Å²) in [5.74, 6) is 0.971. The summed E-state index contributed by atoms with van der Waals surface area (Å²) in [6, 6.07) is 20.3. The summed E-state index contributed by atoms with van der Waals surface area (Å²) in [4.78, 5) is 16.9. The quantitative estimate of drug-likeness (QED) is 0.514. The summed E-state index contributed by atoms with van der Waals surface area (Å²) in [6.45, 7) is 0. The van der Waals surface area contributed by atoms with Gasteiger partial charge in [0, 0.05) is 22.8 Å². The van der Waals surface area contributed by atoms with Gasteiger partial charge in [-0.2, -0.15) is 5.26 Å². The molecule has 0 spiro atoms. The number of hydrogen-bond donors (Lipinski definition) is 1.